The highest BCUT2D eigenvalue weighted by Crippen LogP contribution is 2.17. The minimum Gasteiger partial charge on any atom is -0.410 e. The first-order valence-corrected chi connectivity index (χ1v) is 9.16. The quantitative estimate of drug-likeness (QED) is 0.826. The van der Waals surface area contributed by atoms with Crippen LogP contribution in [0.15, 0.2) is 54.6 Å². The van der Waals surface area contributed by atoms with Crippen molar-refractivity contribution in [3.05, 3.63) is 60.2 Å². The van der Waals surface area contributed by atoms with Crippen LogP contribution in [0.1, 0.15) is 37.7 Å². The second kappa shape index (κ2) is 9.23. The van der Waals surface area contributed by atoms with E-state index in [0.717, 1.165) is 25.1 Å². The predicted molar refractivity (Wildman–Crippen MR) is 101 cm³/mol. The minimum atomic E-state index is -0.471. The zero-order valence-corrected chi connectivity index (χ0v) is 14.5. The Morgan fingerprint density at radius 1 is 1.04 bits per heavy atom. The maximum atomic E-state index is 11.9. The maximum absolute atomic E-state index is 11.9. The number of carbonyl (C=O) groups is 1. The summed E-state index contributed by atoms with van der Waals surface area (Å²) in [4.78, 5) is 11.9. The molecule has 132 valence electrons. The molecule has 1 aliphatic heterocycles. The molecule has 1 fully saturated rings. The fourth-order valence-corrected chi connectivity index (χ4v) is 3.18. The summed E-state index contributed by atoms with van der Waals surface area (Å²) in [5.74, 6) is 0.560. The number of hydrogen-bond donors (Lipinski definition) is 2. The second-order valence-corrected chi connectivity index (χ2v) is 6.56. The third-order valence-electron chi connectivity index (χ3n) is 4.60. The monoisotopic (exact) mass is 338 g/mol. The van der Waals surface area contributed by atoms with E-state index in [1.165, 1.54) is 31.2 Å². The average Bonchev–Trinajstić information content (AvgIpc) is 2.91. The highest BCUT2D eigenvalue weighted by Gasteiger charge is 2.11. The summed E-state index contributed by atoms with van der Waals surface area (Å²) in [5, 5.41) is 6.34. The van der Waals surface area contributed by atoms with Gasteiger partial charge in [0.15, 0.2) is 0 Å². The van der Waals surface area contributed by atoms with E-state index < -0.39 is 6.09 Å². The standard InChI is InChI=1S/C21H26N2O2/c24-21(23-19-8-3-1-4-9-19)25-20-14-11-17(12-15-20)10-13-18-7-5-2-6-16-22-18/h1,3-4,8-9,11-12,14-15,18,22H,2,5-7,10,13,16H2,(H,23,24). The topological polar surface area (TPSA) is 50.4 Å². The van der Waals surface area contributed by atoms with E-state index in [9.17, 15) is 4.79 Å². The third-order valence-corrected chi connectivity index (χ3v) is 4.60. The van der Waals surface area contributed by atoms with Crippen molar-refractivity contribution in [1.82, 2.24) is 5.32 Å². The summed E-state index contributed by atoms with van der Waals surface area (Å²) < 4.78 is 5.32. The van der Waals surface area contributed by atoms with E-state index in [2.05, 4.69) is 10.6 Å². The van der Waals surface area contributed by atoms with Gasteiger partial charge in [0.2, 0.25) is 0 Å². The normalized spacial score (nSPS) is 17.5. The van der Waals surface area contributed by atoms with E-state index >= 15 is 0 Å². The molecule has 4 heteroatoms. The van der Waals surface area contributed by atoms with Gasteiger partial charge in [-0.25, -0.2) is 4.79 Å². The van der Waals surface area contributed by atoms with E-state index in [-0.39, 0.29) is 0 Å². The molecule has 0 spiro atoms. The Morgan fingerprint density at radius 3 is 2.64 bits per heavy atom. The molecule has 1 aliphatic rings. The highest BCUT2D eigenvalue weighted by atomic mass is 16.6. The lowest BCUT2D eigenvalue weighted by molar-refractivity contribution is 0.215. The fraction of sp³-hybridized carbons (Fsp3) is 0.381. The molecule has 1 amide bonds. The number of carbonyl (C=O) groups excluding carboxylic acids is 1. The van der Waals surface area contributed by atoms with Crippen molar-refractivity contribution in [2.45, 2.75) is 44.6 Å². The Kier molecular flexibility index (Phi) is 6.46. The molecule has 1 unspecified atom stereocenters. The second-order valence-electron chi connectivity index (χ2n) is 6.56. The van der Waals surface area contributed by atoms with Crippen LogP contribution in [0.4, 0.5) is 10.5 Å². The summed E-state index contributed by atoms with van der Waals surface area (Å²) >= 11 is 0. The molecule has 2 aromatic rings. The molecule has 2 N–H and O–H groups in total. The molecule has 4 nitrogen and oxygen atoms in total. The highest BCUT2D eigenvalue weighted by molar-refractivity contribution is 5.86. The van der Waals surface area contributed by atoms with Gasteiger partial charge in [-0.15, -0.1) is 0 Å². The van der Waals surface area contributed by atoms with Crippen molar-refractivity contribution in [3.63, 3.8) is 0 Å². The van der Waals surface area contributed by atoms with Crippen LogP contribution >= 0.6 is 0 Å². The van der Waals surface area contributed by atoms with Gasteiger partial charge in [0.1, 0.15) is 5.75 Å². The Bertz CT molecular complexity index is 647. The zero-order chi connectivity index (χ0) is 17.3. The van der Waals surface area contributed by atoms with Gasteiger partial charge in [0.25, 0.3) is 0 Å². The molecule has 25 heavy (non-hydrogen) atoms. The Balaban J connectivity index is 1.45. The number of rotatable bonds is 5. The van der Waals surface area contributed by atoms with E-state index in [1.807, 2.05) is 54.6 Å². The van der Waals surface area contributed by atoms with Crippen molar-refractivity contribution in [2.24, 2.45) is 0 Å². The summed E-state index contributed by atoms with van der Waals surface area (Å²) in [6.45, 7) is 1.15. The van der Waals surface area contributed by atoms with Crippen molar-refractivity contribution >= 4 is 11.8 Å². The number of aryl methyl sites for hydroxylation is 1. The minimum absolute atomic E-state index is 0.471. The number of nitrogens with one attached hydrogen (secondary N) is 2. The van der Waals surface area contributed by atoms with Crippen LogP contribution in [0, 0.1) is 0 Å². The SMILES string of the molecule is O=C(Nc1ccccc1)Oc1ccc(CCC2CCCCCN2)cc1. The smallest absolute Gasteiger partial charge is 0.410 e. The molecular formula is C21H26N2O2. The molecule has 3 rings (SSSR count). The van der Waals surface area contributed by atoms with Gasteiger partial charge in [-0.2, -0.15) is 0 Å². The molecule has 2 aromatic carbocycles. The maximum Gasteiger partial charge on any atom is 0.417 e. The van der Waals surface area contributed by atoms with Gasteiger partial charge < -0.3 is 10.1 Å². The first-order valence-electron chi connectivity index (χ1n) is 9.16. The molecule has 0 bridgehead atoms. The van der Waals surface area contributed by atoms with Crippen LogP contribution in [0.2, 0.25) is 0 Å². The summed E-state index contributed by atoms with van der Waals surface area (Å²) in [5.41, 5.74) is 2.00. The van der Waals surface area contributed by atoms with Crippen LogP contribution in [-0.4, -0.2) is 18.7 Å². The van der Waals surface area contributed by atoms with Crippen LogP contribution in [0.25, 0.3) is 0 Å². The number of ether oxygens (including phenoxy) is 1. The van der Waals surface area contributed by atoms with Gasteiger partial charge in [-0.3, -0.25) is 5.32 Å². The molecule has 1 heterocycles. The van der Waals surface area contributed by atoms with Crippen molar-refractivity contribution in [3.8, 4) is 5.75 Å². The first-order chi connectivity index (χ1) is 12.3. The molecular weight excluding hydrogens is 312 g/mol. The molecule has 0 radical (unpaired) electrons. The third kappa shape index (κ3) is 5.91. The van der Waals surface area contributed by atoms with Gasteiger partial charge in [0.05, 0.1) is 0 Å². The predicted octanol–water partition coefficient (Wildman–Crippen LogP) is 4.76. The number of amides is 1. The molecule has 1 saturated heterocycles. The van der Waals surface area contributed by atoms with Crippen molar-refractivity contribution in [1.29, 1.82) is 0 Å². The Hall–Kier alpha value is -2.33. The zero-order valence-electron chi connectivity index (χ0n) is 14.5. The van der Waals surface area contributed by atoms with Crippen molar-refractivity contribution < 1.29 is 9.53 Å². The van der Waals surface area contributed by atoms with E-state index in [1.54, 1.807) is 0 Å². The molecule has 0 aromatic heterocycles. The largest absolute Gasteiger partial charge is 0.417 e. The number of para-hydroxylation sites is 1. The lowest BCUT2D eigenvalue weighted by Gasteiger charge is -2.15. The fourth-order valence-electron chi connectivity index (χ4n) is 3.18. The van der Waals surface area contributed by atoms with Crippen LogP contribution in [0.3, 0.4) is 0 Å². The lowest BCUT2D eigenvalue weighted by atomic mass is 10.0. The summed E-state index contributed by atoms with van der Waals surface area (Å²) in [7, 11) is 0. The summed E-state index contributed by atoms with van der Waals surface area (Å²) in [6, 6.07) is 17.7. The van der Waals surface area contributed by atoms with Crippen molar-refractivity contribution in [2.75, 3.05) is 11.9 Å². The summed E-state index contributed by atoms with van der Waals surface area (Å²) in [6.07, 6.45) is 7.00. The van der Waals surface area contributed by atoms with E-state index in [4.69, 9.17) is 4.74 Å². The van der Waals surface area contributed by atoms with Gasteiger partial charge in [-0.1, -0.05) is 43.2 Å². The van der Waals surface area contributed by atoms with Crippen LogP contribution in [-0.2, 0) is 6.42 Å². The van der Waals surface area contributed by atoms with Crippen LogP contribution in [0.5, 0.6) is 5.75 Å². The molecule has 1 atom stereocenters. The lowest BCUT2D eigenvalue weighted by Crippen LogP contribution is -2.28. The average molecular weight is 338 g/mol. The molecule has 0 saturated carbocycles. The number of anilines is 1. The number of hydrogen-bond acceptors (Lipinski definition) is 3. The van der Waals surface area contributed by atoms with Gasteiger partial charge >= 0.3 is 6.09 Å². The molecule has 0 aliphatic carbocycles. The Morgan fingerprint density at radius 2 is 1.84 bits per heavy atom. The van der Waals surface area contributed by atoms with Gasteiger partial charge in [0, 0.05) is 11.7 Å². The van der Waals surface area contributed by atoms with Crippen LogP contribution < -0.4 is 15.4 Å². The first kappa shape index (κ1) is 17.5. The number of benzene rings is 2. The Labute approximate surface area is 149 Å². The van der Waals surface area contributed by atoms with E-state index in [0.29, 0.717) is 11.8 Å². The van der Waals surface area contributed by atoms with Gasteiger partial charge in [-0.05, 0) is 62.1 Å².